The lowest BCUT2D eigenvalue weighted by Crippen LogP contribution is -2.44. The van der Waals surface area contributed by atoms with Gasteiger partial charge in [-0.2, -0.15) is 0 Å². The highest BCUT2D eigenvalue weighted by atomic mass is 32.1. The molecule has 2 N–H and O–H groups in total. The number of likely N-dealkylation sites (tertiary alicyclic amines) is 1. The predicted octanol–water partition coefficient (Wildman–Crippen LogP) is 2.42. The second-order valence-electron chi connectivity index (χ2n) is 8.90. The van der Waals surface area contributed by atoms with Crippen molar-refractivity contribution in [2.75, 3.05) is 18.5 Å². The van der Waals surface area contributed by atoms with Crippen LogP contribution >= 0.6 is 23.6 Å². The number of rotatable bonds is 5. The fourth-order valence-electron chi connectivity index (χ4n) is 5.64. The molecule has 33 heavy (non-hydrogen) atoms. The zero-order valence-corrected chi connectivity index (χ0v) is 19.9. The summed E-state index contributed by atoms with van der Waals surface area (Å²) in [4.78, 5) is 53.0. The summed E-state index contributed by atoms with van der Waals surface area (Å²) < 4.78 is 5.24. The summed E-state index contributed by atoms with van der Waals surface area (Å²) >= 11 is 6.75. The highest BCUT2D eigenvalue weighted by molar-refractivity contribution is 7.80. The number of fused-ring (bicyclic) bond motifs is 6. The second-order valence-corrected chi connectivity index (χ2v) is 10.4. The molecule has 5 rings (SSSR count). The lowest BCUT2D eigenvalue weighted by atomic mass is 9.85. The Balaban J connectivity index is 1.24. The van der Waals surface area contributed by atoms with Gasteiger partial charge in [-0.1, -0.05) is 12.2 Å². The first-order valence-corrected chi connectivity index (χ1v) is 12.6. The van der Waals surface area contributed by atoms with Gasteiger partial charge in [0.15, 0.2) is 5.11 Å². The minimum atomic E-state index is -0.548. The van der Waals surface area contributed by atoms with Crippen LogP contribution in [0.3, 0.4) is 0 Å². The Morgan fingerprint density at radius 3 is 2.48 bits per heavy atom. The molecule has 1 saturated carbocycles. The molecule has 0 aromatic carbocycles. The van der Waals surface area contributed by atoms with E-state index in [2.05, 4.69) is 10.6 Å². The van der Waals surface area contributed by atoms with E-state index >= 15 is 0 Å². The summed E-state index contributed by atoms with van der Waals surface area (Å²) in [5, 5.41) is 6.09. The van der Waals surface area contributed by atoms with Crippen molar-refractivity contribution in [3.63, 3.8) is 0 Å². The molecule has 2 bridgehead atoms. The molecule has 0 spiro atoms. The number of carbonyl (C=O) groups excluding carboxylic acids is 4. The Morgan fingerprint density at radius 1 is 1.15 bits per heavy atom. The fraction of sp³-hybridized carbons (Fsp3) is 0.522. The van der Waals surface area contributed by atoms with Gasteiger partial charge in [0.05, 0.1) is 24.0 Å². The Morgan fingerprint density at radius 2 is 1.82 bits per heavy atom. The lowest BCUT2D eigenvalue weighted by molar-refractivity contribution is -0.144. The molecule has 2 heterocycles. The zero-order valence-electron chi connectivity index (χ0n) is 18.2. The van der Waals surface area contributed by atoms with Crippen LogP contribution in [0.2, 0.25) is 0 Å². The van der Waals surface area contributed by atoms with E-state index in [1.807, 2.05) is 12.2 Å². The molecule has 4 atom stereocenters. The van der Waals surface area contributed by atoms with Crippen LogP contribution in [0.5, 0.6) is 0 Å². The van der Waals surface area contributed by atoms with Crippen molar-refractivity contribution in [2.24, 2.45) is 23.7 Å². The van der Waals surface area contributed by atoms with Crippen LogP contribution in [0.25, 0.3) is 0 Å². The van der Waals surface area contributed by atoms with Gasteiger partial charge < -0.3 is 15.4 Å². The van der Waals surface area contributed by atoms with Gasteiger partial charge in [0.25, 0.3) is 0 Å². The summed E-state index contributed by atoms with van der Waals surface area (Å²) in [7, 11) is 0. The van der Waals surface area contributed by atoms with E-state index < -0.39 is 11.9 Å². The number of thiophene rings is 1. The molecule has 2 fully saturated rings. The molecule has 1 saturated heterocycles. The van der Waals surface area contributed by atoms with Crippen molar-refractivity contribution in [1.29, 1.82) is 0 Å². The van der Waals surface area contributed by atoms with Crippen LogP contribution in [-0.4, -0.2) is 46.9 Å². The monoisotopic (exact) mass is 487 g/mol. The summed E-state index contributed by atoms with van der Waals surface area (Å²) in [6, 6.07) is 0. The first-order valence-electron chi connectivity index (χ1n) is 11.3. The third-order valence-corrected chi connectivity index (χ3v) is 8.41. The van der Waals surface area contributed by atoms with Gasteiger partial charge in [0.1, 0.15) is 11.5 Å². The number of amides is 3. The standard InChI is InChI=1S/C23H25N3O5S2/c1-2-31-22(30)18-13-5-3-4-6-14(13)33-19(18)25-23(32)24-15(27)10-26-20(28)16-11-7-8-12(9-11)17(16)21(26)29/h7-8,11-12,16-17H,2-6,9-10H2,1H3,(H2,24,25,27,32)/t11-,12+,16-,17-/m0/s1. The number of thiocarbonyl (C=S) groups is 1. The Kier molecular flexibility index (Phi) is 5.82. The number of nitrogens with one attached hydrogen (secondary N) is 2. The van der Waals surface area contributed by atoms with Gasteiger partial charge in [-0.15, -0.1) is 11.3 Å². The quantitative estimate of drug-likeness (QED) is 0.284. The van der Waals surface area contributed by atoms with Crippen LogP contribution in [0, 0.1) is 23.7 Å². The Labute approximate surface area is 200 Å². The van der Waals surface area contributed by atoms with E-state index in [0.717, 1.165) is 47.4 Å². The summed E-state index contributed by atoms with van der Waals surface area (Å²) in [5.74, 6) is -1.98. The number of hydrogen-bond acceptors (Lipinski definition) is 7. The molecule has 1 aromatic heterocycles. The van der Waals surface area contributed by atoms with Crippen LogP contribution in [0.1, 0.15) is 47.0 Å². The molecule has 3 amide bonds. The van der Waals surface area contributed by atoms with E-state index in [1.165, 1.54) is 11.3 Å². The molecule has 0 radical (unpaired) electrons. The highest BCUT2D eigenvalue weighted by Crippen LogP contribution is 2.52. The van der Waals surface area contributed by atoms with Gasteiger partial charge in [-0.3, -0.25) is 19.3 Å². The number of aryl methyl sites for hydroxylation is 1. The number of anilines is 1. The van der Waals surface area contributed by atoms with Crippen LogP contribution in [0.15, 0.2) is 12.2 Å². The van der Waals surface area contributed by atoms with Gasteiger partial charge in [-0.25, -0.2) is 4.79 Å². The Bertz CT molecular complexity index is 1060. The summed E-state index contributed by atoms with van der Waals surface area (Å²) in [6.07, 6.45) is 8.64. The Hall–Kier alpha value is -2.59. The third-order valence-electron chi connectivity index (χ3n) is 6.99. The smallest absolute Gasteiger partial charge is 0.341 e. The highest BCUT2D eigenvalue weighted by Gasteiger charge is 2.59. The lowest BCUT2D eigenvalue weighted by Gasteiger charge is -2.17. The topological polar surface area (TPSA) is 105 Å². The van der Waals surface area contributed by atoms with E-state index in [0.29, 0.717) is 10.6 Å². The zero-order chi connectivity index (χ0) is 23.3. The number of ether oxygens (including phenoxy) is 1. The molecule has 1 aliphatic heterocycles. The van der Waals surface area contributed by atoms with Crippen molar-refractivity contribution >= 4 is 57.4 Å². The van der Waals surface area contributed by atoms with Crippen LogP contribution in [0.4, 0.5) is 5.00 Å². The van der Waals surface area contributed by atoms with Crippen LogP contribution < -0.4 is 10.6 Å². The summed E-state index contributed by atoms with van der Waals surface area (Å²) in [6.45, 7) is 1.66. The number of hydrogen-bond donors (Lipinski definition) is 2. The minimum Gasteiger partial charge on any atom is -0.462 e. The van der Waals surface area contributed by atoms with Crippen molar-refractivity contribution in [2.45, 2.75) is 39.0 Å². The van der Waals surface area contributed by atoms with Gasteiger partial charge in [-0.05, 0) is 68.6 Å². The molecule has 174 valence electrons. The van der Waals surface area contributed by atoms with E-state index in [9.17, 15) is 19.2 Å². The molecule has 8 nitrogen and oxygen atoms in total. The van der Waals surface area contributed by atoms with Crippen molar-refractivity contribution in [3.05, 3.63) is 28.2 Å². The minimum absolute atomic E-state index is 0.0187. The van der Waals surface area contributed by atoms with Crippen molar-refractivity contribution in [3.8, 4) is 0 Å². The maximum Gasteiger partial charge on any atom is 0.341 e. The SMILES string of the molecule is CCOC(=O)c1c(NC(=S)NC(=O)CN2C(=O)[C@@H]3[C@@H](C2=O)[C@H]2C=C[C@@H]3C2)sc2c1CCCC2. The molecule has 3 aliphatic carbocycles. The molecule has 10 heteroatoms. The van der Waals surface area contributed by atoms with Gasteiger partial charge in [0, 0.05) is 4.88 Å². The first-order chi connectivity index (χ1) is 15.9. The number of esters is 1. The average molecular weight is 488 g/mol. The number of imide groups is 1. The number of allylic oxidation sites excluding steroid dienone is 2. The van der Waals surface area contributed by atoms with Crippen molar-refractivity contribution < 1.29 is 23.9 Å². The van der Waals surface area contributed by atoms with E-state index in [1.54, 1.807) is 6.92 Å². The third kappa shape index (κ3) is 3.78. The normalized spacial score (nSPS) is 26.9. The largest absolute Gasteiger partial charge is 0.462 e. The maximum atomic E-state index is 12.8. The van der Waals surface area contributed by atoms with Gasteiger partial charge in [0.2, 0.25) is 17.7 Å². The first kappa shape index (κ1) is 22.2. The van der Waals surface area contributed by atoms with Crippen LogP contribution in [-0.2, 0) is 32.0 Å². The maximum absolute atomic E-state index is 12.8. The molecular formula is C23H25N3O5S2. The molecular weight excluding hydrogens is 462 g/mol. The molecule has 0 unspecified atom stereocenters. The van der Waals surface area contributed by atoms with Crippen molar-refractivity contribution in [1.82, 2.24) is 10.2 Å². The van der Waals surface area contributed by atoms with Gasteiger partial charge >= 0.3 is 5.97 Å². The predicted molar refractivity (Wildman–Crippen MR) is 126 cm³/mol. The molecule has 4 aliphatic rings. The molecule has 1 aromatic rings. The number of carbonyl (C=O) groups is 4. The van der Waals surface area contributed by atoms with E-state index in [4.69, 9.17) is 17.0 Å². The fourth-order valence-corrected chi connectivity index (χ4v) is 7.20. The second kappa shape index (κ2) is 8.64. The van der Waals surface area contributed by atoms with E-state index in [-0.39, 0.29) is 53.8 Å². The summed E-state index contributed by atoms with van der Waals surface area (Å²) in [5.41, 5.74) is 1.47. The number of nitrogens with zero attached hydrogens (tertiary/aromatic N) is 1. The average Bonchev–Trinajstić information content (AvgIpc) is 3.52.